The molecule has 1 rings (SSSR count). The molecular formula is C25H40Cl2N2O4. The van der Waals surface area contributed by atoms with Crippen LogP contribution in [-0.2, 0) is 27.2 Å². The summed E-state index contributed by atoms with van der Waals surface area (Å²) in [6.07, 6.45) is -0.0335. The maximum atomic E-state index is 12.5. The van der Waals surface area contributed by atoms with Gasteiger partial charge in [-0.3, -0.25) is 9.69 Å². The first-order chi connectivity index (χ1) is 15.2. The highest BCUT2D eigenvalue weighted by atomic mass is 35.5. The van der Waals surface area contributed by atoms with Crippen LogP contribution >= 0.6 is 23.2 Å². The van der Waals surface area contributed by atoms with Crippen LogP contribution < -0.4 is 5.32 Å². The molecule has 0 aliphatic rings. The molecule has 0 saturated heterocycles. The second kappa shape index (κ2) is 13.4. The highest BCUT2D eigenvalue weighted by Gasteiger charge is 2.25. The maximum Gasteiger partial charge on any atom is 0.407 e. The maximum absolute atomic E-state index is 12.5. The van der Waals surface area contributed by atoms with Crippen LogP contribution in [0.5, 0.6) is 0 Å². The van der Waals surface area contributed by atoms with Crippen LogP contribution in [-0.4, -0.2) is 59.1 Å². The summed E-state index contributed by atoms with van der Waals surface area (Å²) in [6, 6.07) is 5.79. The molecule has 1 aromatic carbocycles. The first kappa shape index (κ1) is 29.5. The number of nitrogens with zero attached hydrogens (tertiary/aromatic N) is 1. The predicted octanol–water partition coefficient (Wildman–Crippen LogP) is 5.44. The molecule has 8 heteroatoms. The summed E-state index contributed by atoms with van der Waals surface area (Å²) >= 11 is 11.9. The molecule has 188 valence electrons. The molecule has 0 heterocycles. The lowest BCUT2D eigenvalue weighted by Crippen LogP contribution is -2.42. The Morgan fingerprint density at radius 1 is 1.00 bits per heavy atom. The first-order valence-corrected chi connectivity index (χ1v) is 12.4. The van der Waals surface area contributed by atoms with Gasteiger partial charge in [-0.15, -0.1) is 23.2 Å². The molecular weight excluding hydrogens is 463 g/mol. The summed E-state index contributed by atoms with van der Waals surface area (Å²) in [5.41, 5.74) is 2.02. The highest BCUT2D eigenvalue weighted by molar-refractivity contribution is 6.18. The SMILES string of the molecule is Cc1ccc(CN(CCCl)CCCl)cc1CC(CC(=O)OC(C)(C)C)NC(=O)OC(C)(C)C. The van der Waals surface area contributed by atoms with Gasteiger partial charge in [0.15, 0.2) is 0 Å². The zero-order valence-corrected chi connectivity index (χ0v) is 22.6. The van der Waals surface area contributed by atoms with Gasteiger partial charge in [-0.25, -0.2) is 4.79 Å². The van der Waals surface area contributed by atoms with Crippen LogP contribution in [0, 0.1) is 6.92 Å². The quantitative estimate of drug-likeness (QED) is 0.322. The van der Waals surface area contributed by atoms with Crippen molar-refractivity contribution >= 4 is 35.3 Å². The number of carbonyl (C=O) groups is 2. The van der Waals surface area contributed by atoms with E-state index in [0.29, 0.717) is 18.2 Å². The zero-order chi connectivity index (χ0) is 25.2. The summed E-state index contributed by atoms with van der Waals surface area (Å²) in [5, 5.41) is 2.86. The van der Waals surface area contributed by atoms with Crippen molar-refractivity contribution in [1.82, 2.24) is 10.2 Å². The Morgan fingerprint density at radius 2 is 1.58 bits per heavy atom. The monoisotopic (exact) mass is 502 g/mol. The fourth-order valence-corrected chi connectivity index (χ4v) is 3.79. The second-order valence-electron chi connectivity index (χ2n) is 10.3. The molecule has 1 N–H and O–H groups in total. The van der Waals surface area contributed by atoms with Gasteiger partial charge in [-0.2, -0.15) is 0 Å². The van der Waals surface area contributed by atoms with Crippen LogP contribution in [0.3, 0.4) is 0 Å². The number of ether oxygens (including phenoxy) is 2. The van der Waals surface area contributed by atoms with Gasteiger partial charge < -0.3 is 14.8 Å². The Labute approximate surface area is 209 Å². The number of halogens is 2. The van der Waals surface area contributed by atoms with Gasteiger partial charge in [0.1, 0.15) is 11.2 Å². The van der Waals surface area contributed by atoms with E-state index in [1.54, 1.807) is 20.8 Å². The molecule has 1 unspecified atom stereocenters. The van der Waals surface area contributed by atoms with Gasteiger partial charge in [-0.1, -0.05) is 18.2 Å². The highest BCUT2D eigenvalue weighted by Crippen LogP contribution is 2.18. The molecule has 1 amide bonds. The number of aryl methyl sites for hydroxylation is 1. The van der Waals surface area contributed by atoms with E-state index in [4.69, 9.17) is 32.7 Å². The largest absolute Gasteiger partial charge is 0.460 e. The average Bonchev–Trinajstić information content (AvgIpc) is 2.61. The van der Waals surface area contributed by atoms with Gasteiger partial charge in [0.25, 0.3) is 0 Å². The van der Waals surface area contributed by atoms with Crippen molar-refractivity contribution < 1.29 is 19.1 Å². The predicted molar refractivity (Wildman–Crippen MR) is 135 cm³/mol. The van der Waals surface area contributed by atoms with Crippen molar-refractivity contribution in [3.8, 4) is 0 Å². The van der Waals surface area contributed by atoms with Gasteiger partial charge in [0, 0.05) is 37.4 Å². The van der Waals surface area contributed by atoms with E-state index in [9.17, 15) is 9.59 Å². The van der Waals surface area contributed by atoms with Gasteiger partial charge in [0.2, 0.25) is 0 Å². The van der Waals surface area contributed by atoms with Gasteiger partial charge >= 0.3 is 12.1 Å². The number of benzene rings is 1. The minimum Gasteiger partial charge on any atom is -0.460 e. The molecule has 0 bridgehead atoms. The Morgan fingerprint density at radius 3 is 2.09 bits per heavy atom. The van der Waals surface area contributed by atoms with Crippen molar-refractivity contribution in [3.63, 3.8) is 0 Å². The van der Waals surface area contributed by atoms with Crippen LogP contribution in [0.2, 0.25) is 0 Å². The Bertz CT molecular complexity index is 737. The number of esters is 1. The van der Waals surface area contributed by atoms with E-state index in [-0.39, 0.29) is 12.4 Å². The van der Waals surface area contributed by atoms with E-state index in [0.717, 1.165) is 36.3 Å². The van der Waals surface area contributed by atoms with Crippen molar-refractivity contribution in [2.24, 2.45) is 0 Å². The van der Waals surface area contributed by atoms with Crippen LogP contribution in [0.1, 0.15) is 64.7 Å². The van der Waals surface area contributed by atoms with E-state index < -0.39 is 23.3 Å². The third-order valence-corrected chi connectivity index (χ3v) is 4.98. The summed E-state index contributed by atoms with van der Waals surface area (Å²) in [7, 11) is 0. The molecule has 1 aromatic rings. The van der Waals surface area contributed by atoms with E-state index in [1.807, 2.05) is 27.7 Å². The summed E-state index contributed by atoms with van der Waals surface area (Å²) in [5.74, 6) is 0.702. The Balaban J connectivity index is 3.06. The van der Waals surface area contributed by atoms with Gasteiger partial charge in [-0.05, 0) is 71.6 Å². The molecule has 0 aliphatic carbocycles. The van der Waals surface area contributed by atoms with Crippen LogP contribution in [0.15, 0.2) is 18.2 Å². The minimum absolute atomic E-state index is 0.0464. The van der Waals surface area contributed by atoms with Crippen molar-refractivity contribution in [1.29, 1.82) is 0 Å². The Hall–Kier alpha value is -1.50. The topological polar surface area (TPSA) is 67.9 Å². The fraction of sp³-hybridized carbons (Fsp3) is 0.680. The molecule has 0 fully saturated rings. The third-order valence-electron chi connectivity index (χ3n) is 4.64. The second-order valence-corrected chi connectivity index (χ2v) is 11.0. The summed E-state index contributed by atoms with van der Waals surface area (Å²) < 4.78 is 10.9. The van der Waals surface area contributed by atoms with Gasteiger partial charge in [0.05, 0.1) is 6.42 Å². The zero-order valence-electron chi connectivity index (χ0n) is 21.1. The first-order valence-electron chi connectivity index (χ1n) is 11.4. The Kier molecular flexibility index (Phi) is 12.0. The number of carbonyl (C=O) groups excluding carboxylic acids is 2. The third kappa shape index (κ3) is 13.1. The van der Waals surface area contributed by atoms with Crippen LogP contribution in [0.25, 0.3) is 0 Å². The number of rotatable bonds is 11. The molecule has 0 saturated carbocycles. The smallest absolute Gasteiger partial charge is 0.407 e. The summed E-state index contributed by atoms with van der Waals surface area (Å²) in [4.78, 5) is 27.2. The molecule has 0 spiro atoms. The van der Waals surface area contributed by atoms with E-state index in [2.05, 4.69) is 28.4 Å². The standard InChI is InChI=1S/C25H40Cl2N2O4/c1-18-8-9-19(17-29(12-10-26)13-11-27)14-20(18)15-21(16-22(30)32-24(2,3)4)28-23(31)33-25(5,6)7/h8-9,14,21H,10-13,15-17H2,1-7H3,(H,28,31). The lowest BCUT2D eigenvalue weighted by Gasteiger charge is -2.26. The number of alkyl carbamates (subject to hydrolysis) is 1. The minimum atomic E-state index is -0.634. The number of nitrogens with one attached hydrogen (secondary N) is 1. The lowest BCUT2D eigenvalue weighted by molar-refractivity contribution is -0.155. The number of hydrogen-bond donors (Lipinski definition) is 1. The molecule has 33 heavy (non-hydrogen) atoms. The molecule has 0 aromatic heterocycles. The lowest BCUT2D eigenvalue weighted by atomic mass is 9.96. The number of hydrogen-bond acceptors (Lipinski definition) is 5. The normalized spacial score (nSPS) is 13.0. The molecule has 1 atom stereocenters. The van der Waals surface area contributed by atoms with E-state index >= 15 is 0 Å². The van der Waals surface area contributed by atoms with Crippen molar-refractivity contribution in [2.75, 3.05) is 24.8 Å². The number of alkyl halides is 2. The van der Waals surface area contributed by atoms with Crippen LogP contribution in [0.4, 0.5) is 4.79 Å². The average molecular weight is 504 g/mol. The molecule has 0 radical (unpaired) electrons. The van der Waals surface area contributed by atoms with Crippen molar-refractivity contribution in [2.45, 2.75) is 85.1 Å². The molecule has 0 aliphatic heterocycles. The summed E-state index contributed by atoms with van der Waals surface area (Å²) in [6.45, 7) is 15.1. The fourth-order valence-electron chi connectivity index (χ4n) is 3.31. The van der Waals surface area contributed by atoms with E-state index in [1.165, 1.54) is 0 Å². The number of amides is 1. The molecule has 6 nitrogen and oxygen atoms in total. The van der Waals surface area contributed by atoms with Crippen molar-refractivity contribution in [3.05, 3.63) is 34.9 Å².